The number of hydrogen-bond acceptors (Lipinski definition) is 3. The molecule has 0 unspecified atom stereocenters. The maximum absolute atomic E-state index is 10.8. The van der Waals surface area contributed by atoms with Crippen molar-refractivity contribution in [1.82, 2.24) is 9.55 Å². The topological polar surface area (TPSA) is 72.9 Å². The Hall–Kier alpha value is -2.30. The monoisotopic (exact) mass is 272 g/mol. The predicted molar refractivity (Wildman–Crippen MR) is 79.3 cm³/mol. The minimum atomic E-state index is -0.313. The molecule has 2 aromatic rings. The molecule has 3 N–H and O–H groups in total. The van der Waals surface area contributed by atoms with E-state index in [1.807, 2.05) is 36.8 Å². The first-order valence-electron chi connectivity index (χ1n) is 6.68. The fourth-order valence-electron chi connectivity index (χ4n) is 2.07. The first-order chi connectivity index (χ1) is 9.56. The summed E-state index contributed by atoms with van der Waals surface area (Å²) in [7, 11) is 0. The first-order valence-corrected chi connectivity index (χ1v) is 6.68. The number of carbonyl (C=O) groups is 1. The van der Waals surface area contributed by atoms with Gasteiger partial charge in [0.2, 0.25) is 5.91 Å². The predicted octanol–water partition coefficient (Wildman–Crippen LogP) is 2.10. The lowest BCUT2D eigenvalue weighted by Crippen LogP contribution is -2.13. The summed E-state index contributed by atoms with van der Waals surface area (Å²) >= 11 is 0. The van der Waals surface area contributed by atoms with Crippen molar-refractivity contribution in [2.24, 2.45) is 5.73 Å². The number of anilines is 1. The molecule has 0 radical (unpaired) electrons. The van der Waals surface area contributed by atoms with E-state index in [4.69, 9.17) is 5.73 Å². The number of nitrogens with zero attached hydrogens (tertiary/aromatic N) is 2. The summed E-state index contributed by atoms with van der Waals surface area (Å²) in [5.41, 5.74) is 8.24. The van der Waals surface area contributed by atoms with Gasteiger partial charge in [0, 0.05) is 17.9 Å². The minimum absolute atomic E-state index is 0.278. The molecule has 0 saturated heterocycles. The third-order valence-corrected chi connectivity index (χ3v) is 3.11. The quantitative estimate of drug-likeness (QED) is 0.845. The molecule has 5 heteroatoms. The van der Waals surface area contributed by atoms with Gasteiger partial charge in [-0.15, -0.1) is 0 Å². The highest BCUT2D eigenvalue weighted by molar-refractivity contribution is 5.76. The molecule has 0 aliphatic heterocycles. The standard InChI is InChI=1S/C15H20N4O/c1-11(2)19-10-17-8-14(19)9-18-13-5-3-12(4-6-13)7-15(16)20/h3-6,8,10-11,18H,7,9H2,1-2H3,(H2,16,20). The molecule has 0 aliphatic rings. The number of imidazole rings is 1. The van der Waals surface area contributed by atoms with Crippen LogP contribution in [0.3, 0.4) is 0 Å². The Morgan fingerprint density at radius 1 is 1.35 bits per heavy atom. The Morgan fingerprint density at radius 2 is 2.05 bits per heavy atom. The molecule has 20 heavy (non-hydrogen) atoms. The molecular weight excluding hydrogens is 252 g/mol. The Kier molecular flexibility index (Phi) is 4.40. The molecule has 2 rings (SSSR count). The van der Waals surface area contributed by atoms with Crippen molar-refractivity contribution in [2.75, 3.05) is 5.32 Å². The van der Waals surface area contributed by atoms with Crippen molar-refractivity contribution in [3.63, 3.8) is 0 Å². The number of carbonyl (C=O) groups excluding carboxylic acids is 1. The molecular formula is C15H20N4O. The van der Waals surface area contributed by atoms with E-state index in [0.29, 0.717) is 12.6 Å². The normalized spacial score (nSPS) is 10.8. The van der Waals surface area contributed by atoms with Gasteiger partial charge in [-0.25, -0.2) is 4.98 Å². The number of amides is 1. The number of benzene rings is 1. The average Bonchev–Trinajstić information content (AvgIpc) is 2.86. The van der Waals surface area contributed by atoms with Gasteiger partial charge < -0.3 is 15.6 Å². The summed E-state index contributed by atoms with van der Waals surface area (Å²) < 4.78 is 2.13. The molecule has 0 atom stereocenters. The van der Waals surface area contributed by atoms with Crippen LogP contribution in [0, 0.1) is 0 Å². The zero-order valence-corrected chi connectivity index (χ0v) is 11.8. The molecule has 1 aromatic carbocycles. The summed E-state index contributed by atoms with van der Waals surface area (Å²) in [4.78, 5) is 15.0. The van der Waals surface area contributed by atoms with E-state index in [0.717, 1.165) is 16.9 Å². The summed E-state index contributed by atoms with van der Waals surface area (Å²) in [6.07, 6.45) is 3.99. The number of hydrogen-bond donors (Lipinski definition) is 2. The molecule has 0 fully saturated rings. The van der Waals surface area contributed by atoms with Gasteiger partial charge >= 0.3 is 0 Å². The Labute approximate surface area is 118 Å². The molecule has 0 spiro atoms. The van der Waals surface area contributed by atoms with Gasteiger partial charge in [0.05, 0.1) is 25.0 Å². The molecule has 1 amide bonds. The molecule has 5 nitrogen and oxygen atoms in total. The van der Waals surface area contributed by atoms with Crippen molar-refractivity contribution in [2.45, 2.75) is 32.9 Å². The lowest BCUT2D eigenvalue weighted by molar-refractivity contribution is -0.117. The Balaban J connectivity index is 1.97. The van der Waals surface area contributed by atoms with Crippen molar-refractivity contribution < 1.29 is 4.79 Å². The lowest BCUT2D eigenvalue weighted by atomic mass is 10.1. The van der Waals surface area contributed by atoms with E-state index in [9.17, 15) is 4.79 Å². The zero-order chi connectivity index (χ0) is 14.5. The van der Waals surface area contributed by atoms with E-state index in [1.165, 1.54) is 0 Å². The van der Waals surface area contributed by atoms with Gasteiger partial charge in [-0.1, -0.05) is 12.1 Å². The highest BCUT2D eigenvalue weighted by Crippen LogP contribution is 2.13. The van der Waals surface area contributed by atoms with Crippen molar-refractivity contribution >= 4 is 11.6 Å². The van der Waals surface area contributed by atoms with Gasteiger partial charge in [-0.2, -0.15) is 0 Å². The largest absolute Gasteiger partial charge is 0.379 e. The van der Waals surface area contributed by atoms with Crippen molar-refractivity contribution in [1.29, 1.82) is 0 Å². The third-order valence-electron chi connectivity index (χ3n) is 3.11. The SMILES string of the molecule is CC(C)n1cncc1CNc1ccc(CC(N)=O)cc1. The van der Waals surface area contributed by atoms with Crippen LogP contribution < -0.4 is 11.1 Å². The van der Waals surface area contributed by atoms with Gasteiger partial charge in [0.1, 0.15) is 0 Å². The van der Waals surface area contributed by atoms with Crippen LogP contribution in [-0.4, -0.2) is 15.5 Å². The highest BCUT2D eigenvalue weighted by atomic mass is 16.1. The van der Waals surface area contributed by atoms with E-state index >= 15 is 0 Å². The van der Waals surface area contributed by atoms with Crippen LogP contribution in [0.25, 0.3) is 0 Å². The fraction of sp³-hybridized carbons (Fsp3) is 0.333. The molecule has 106 valence electrons. The Bertz CT molecular complexity index is 572. The number of primary amides is 1. The van der Waals surface area contributed by atoms with Crippen molar-refractivity contribution in [3.8, 4) is 0 Å². The second kappa shape index (κ2) is 6.23. The zero-order valence-electron chi connectivity index (χ0n) is 11.8. The maximum Gasteiger partial charge on any atom is 0.221 e. The molecule has 0 saturated carbocycles. The van der Waals surface area contributed by atoms with Crippen LogP contribution in [0.15, 0.2) is 36.8 Å². The first kappa shape index (κ1) is 14.1. The van der Waals surface area contributed by atoms with Crippen LogP contribution in [-0.2, 0) is 17.8 Å². The Morgan fingerprint density at radius 3 is 2.65 bits per heavy atom. The van der Waals surface area contributed by atoms with Gasteiger partial charge in [-0.05, 0) is 31.5 Å². The fourth-order valence-corrected chi connectivity index (χ4v) is 2.07. The molecule has 0 aliphatic carbocycles. The lowest BCUT2D eigenvalue weighted by Gasteiger charge is -2.13. The average molecular weight is 272 g/mol. The van der Waals surface area contributed by atoms with E-state index < -0.39 is 0 Å². The molecule has 0 bridgehead atoms. The van der Waals surface area contributed by atoms with E-state index in [-0.39, 0.29) is 12.3 Å². The van der Waals surface area contributed by atoms with E-state index in [2.05, 4.69) is 28.7 Å². The molecule has 1 heterocycles. The van der Waals surface area contributed by atoms with Crippen LogP contribution in [0.4, 0.5) is 5.69 Å². The summed E-state index contributed by atoms with van der Waals surface area (Å²) in [5.74, 6) is -0.313. The smallest absolute Gasteiger partial charge is 0.221 e. The summed E-state index contributed by atoms with van der Waals surface area (Å²) in [6, 6.07) is 8.12. The van der Waals surface area contributed by atoms with Gasteiger partial charge in [0.15, 0.2) is 0 Å². The number of rotatable bonds is 6. The van der Waals surface area contributed by atoms with Crippen molar-refractivity contribution in [3.05, 3.63) is 48.0 Å². The van der Waals surface area contributed by atoms with Crippen LogP contribution in [0.5, 0.6) is 0 Å². The second-order valence-corrected chi connectivity index (χ2v) is 5.08. The third kappa shape index (κ3) is 3.60. The summed E-state index contributed by atoms with van der Waals surface area (Å²) in [5, 5.41) is 3.35. The molecule has 1 aromatic heterocycles. The van der Waals surface area contributed by atoms with Gasteiger partial charge in [0.25, 0.3) is 0 Å². The number of nitrogens with one attached hydrogen (secondary N) is 1. The highest BCUT2D eigenvalue weighted by Gasteiger charge is 2.05. The minimum Gasteiger partial charge on any atom is -0.379 e. The van der Waals surface area contributed by atoms with Crippen LogP contribution >= 0.6 is 0 Å². The number of nitrogens with two attached hydrogens (primary N) is 1. The van der Waals surface area contributed by atoms with Crippen LogP contribution in [0.1, 0.15) is 31.1 Å². The number of aromatic nitrogens is 2. The van der Waals surface area contributed by atoms with Crippen LogP contribution in [0.2, 0.25) is 0 Å². The van der Waals surface area contributed by atoms with E-state index in [1.54, 1.807) is 0 Å². The van der Waals surface area contributed by atoms with Gasteiger partial charge in [-0.3, -0.25) is 4.79 Å². The second-order valence-electron chi connectivity index (χ2n) is 5.08. The summed E-state index contributed by atoms with van der Waals surface area (Å²) in [6.45, 7) is 4.97. The maximum atomic E-state index is 10.8.